The highest BCUT2D eigenvalue weighted by atomic mass is 32.2. The van der Waals surface area contributed by atoms with Crippen LogP contribution in [-0.4, -0.2) is 32.5 Å². The Morgan fingerprint density at radius 1 is 1.21 bits per heavy atom. The average molecular weight is 417 g/mol. The van der Waals surface area contributed by atoms with Gasteiger partial charge in [-0.05, 0) is 35.9 Å². The molecule has 1 N–H and O–H groups in total. The van der Waals surface area contributed by atoms with Gasteiger partial charge in [0, 0.05) is 17.8 Å². The zero-order valence-electron chi connectivity index (χ0n) is 14.1. The number of anilines is 1. The normalized spacial score (nSPS) is 15.2. The van der Waals surface area contributed by atoms with Crippen molar-refractivity contribution in [1.29, 1.82) is 0 Å². The van der Waals surface area contributed by atoms with Crippen LogP contribution in [0, 0.1) is 15.9 Å². The lowest BCUT2D eigenvalue weighted by Crippen LogP contribution is -2.36. The molecule has 0 radical (unpaired) electrons. The highest BCUT2D eigenvalue weighted by molar-refractivity contribution is 8.26. The Labute approximate surface area is 168 Å². The smallest absolute Gasteiger partial charge is 0.269 e. The van der Waals surface area contributed by atoms with Crippen molar-refractivity contribution in [1.82, 2.24) is 4.90 Å². The van der Waals surface area contributed by atoms with Crippen LogP contribution in [-0.2, 0) is 9.59 Å². The Hall–Kier alpha value is -3.11. The van der Waals surface area contributed by atoms with Gasteiger partial charge in [-0.15, -0.1) is 0 Å². The van der Waals surface area contributed by atoms with Gasteiger partial charge in [-0.2, -0.15) is 0 Å². The third-order valence-electron chi connectivity index (χ3n) is 3.70. The quantitative estimate of drug-likeness (QED) is 0.346. The average Bonchev–Trinajstić information content (AvgIpc) is 2.91. The molecule has 0 saturated carbocycles. The molecule has 0 aromatic heterocycles. The summed E-state index contributed by atoms with van der Waals surface area (Å²) < 4.78 is 13.2. The second-order valence-corrected chi connectivity index (χ2v) is 7.35. The van der Waals surface area contributed by atoms with Crippen LogP contribution < -0.4 is 5.32 Å². The molecule has 0 spiro atoms. The van der Waals surface area contributed by atoms with Crippen LogP contribution in [0.5, 0.6) is 0 Å². The molecule has 0 bridgehead atoms. The summed E-state index contributed by atoms with van der Waals surface area (Å²) in [6.07, 6.45) is 1.58. The summed E-state index contributed by atoms with van der Waals surface area (Å²) in [5, 5.41) is 13.2. The molecule has 2 aromatic carbocycles. The summed E-state index contributed by atoms with van der Waals surface area (Å²) in [6, 6.07) is 11.0. The van der Waals surface area contributed by atoms with Gasteiger partial charge in [0.25, 0.3) is 11.6 Å². The molecule has 3 rings (SSSR count). The number of nitrogens with one attached hydrogen (secondary N) is 1. The van der Waals surface area contributed by atoms with Gasteiger partial charge in [0.05, 0.1) is 9.83 Å². The summed E-state index contributed by atoms with van der Waals surface area (Å²) in [4.78, 5) is 36.3. The maximum atomic E-state index is 13.0. The number of carbonyl (C=O) groups excluding carboxylic acids is 2. The van der Waals surface area contributed by atoms with Crippen LogP contribution in [0.1, 0.15) is 5.56 Å². The number of hydrogen-bond acceptors (Lipinski definition) is 6. The Kier molecular flexibility index (Phi) is 5.81. The summed E-state index contributed by atoms with van der Waals surface area (Å²) in [7, 11) is 0. The molecule has 0 aliphatic carbocycles. The third kappa shape index (κ3) is 4.59. The van der Waals surface area contributed by atoms with Crippen LogP contribution >= 0.6 is 24.0 Å². The fourth-order valence-electron chi connectivity index (χ4n) is 2.36. The topological polar surface area (TPSA) is 92.6 Å². The highest BCUT2D eigenvalue weighted by Crippen LogP contribution is 2.32. The first-order valence-corrected chi connectivity index (χ1v) is 9.11. The number of carbonyl (C=O) groups is 2. The molecule has 1 aliphatic rings. The van der Waals surface area contributed by atoms with E-state index in [9.17, 15) is 24.1 Å². The van der Waals surface area contributed by atoms with E-state index in [0.717, 1.165) is 16.7 Å². The lowest BCUT2D eigenvalue weighted by Gasteiger charge is -2.14. The van der Waals surface area contributed by atoms with E-state index in [2.05, 4.69) is 5.32 Å². The molecule has 142 valence electrons. The first kappa shape index (κ1) is 19.6. The predicted molar refractivity (Wildman–Crippen MR) is 108 cm³/mol. The number of nitrogens with zero attached hydrogens (tertiary/aromatic N) is 2. The van der Waals surface area contributed by atoms with Gasteiger partial charge in [-0.25, -0.2) is 4.39 Å². The summed E-state index contributed by atoms with van der Waals surface area (Å²) in [5.41, 5.74) is 0.904. The predicted octanol–water partition coefficient (Wildman–Crippen LogP) is 3.57. The van der Waals surface area contributed by atoms with Gasteiger partial charge in [0.1, 0.15) is 16.7 Å². The molecular formula is C18H12FN3O4S2. The zero-order valence-corrected chi connectivity index (χ0v) is 15.8. The Bertz CT molecular complexity index is 991. The number of halogens is 1. The van der Waals surface area contributed by atoms with Crippen molar-refractivity contribution in [2.45, 2.75) is 0 Å². The van der Waals surface area contributed by atoms with Crippen LogP contribution in [0.15, 0.2) is 53.4 Å². The lowest BCUT2D eigenvalue weighted by atomic mass is 10.2. The van der Waals surface area contributed by atoms with Crippen molar-refractivity contribution >= 4 is 57.6 Å². The standard InChI is InChI=1S/C18H12FN3O4S2/c19-12-3-1-11(2-4-12)9-15-17(24)21(18(27)28-15)10-16(23)20-13-5-7-14(8-6-13)22(25)26/h1-9H,10H2,(H,20,23)/b15-9+. The summed E-state index contributed by atoms with van der Waals surface area (Å²) >= 11 is 6.23. The van der Waals surface area contributed by atoms with Gasteiger partial charge in [-0.3, -0.25) is 24.6 Å². The van der Waals surface area contributed by atoms with Crippen molar-refractivity contribution in [2.24, 2.45) is 0 Å². The monoisotopic (exact) mass is 417 g/mol. The number of thioether (sulfide) groups is 1. The van der Waals surface area contributed by atoms with Gasteiger partial charge in [0.15, 0.2) is 0 Å². The minimum absolute atomic E-state index is 0.0964. The highest BCUT2D eigenvalue weighted by Gasteiger charge is 2.33. The van der Waals surface area contributed by atoms with E-state index in [1.807, 2.05) is 0 Å². The molecule has 2 aromatic rings. The van der Waals surface area contributed by atoms with E-state index < -0.39 is 16.7 Å². The van der Waals surface area contributed by atoms with Gasteiger partial charge in [-0.1, -0.05) is 36.1 Å². The number of nitro benzene ring substituents is 1. The van der Waals surface area contributed by atoms with Crippen molar-refractivity contribution in [3.05, 3.63) is 74.9 Å². The number of rotatable bonds is 5. The SMILES string of the molecule is O=C(CN1C(=O)/C(=C\c2ccc(F)cc2)SC1=S)Nc1ccc([N+](=O)[O-])cc1. The van der Waals surface area contributed by atoms with Gasteiger partial charge >= 0.3 is 0 Å². The number of benzene rings is 2. The maximum absolute atomic E-state index is 13.0. The van der Waals surface area contributed by atoms with E-state index >= 15 is 0 Å². The molecule has 7 nitrogen and oxygen atoms in total. The fraction of sp³-hybridized carbons (Fsp3) is 0.0556. The number of amides is 2. The van der Waals surface area contributed by atoms with Crippen LogP contribution in [0.25, 0.3) is 6.08 Å². The van der Waals surface area contributed by atoms with Crippen molar-refractivity contribution in [2.75, 3.05) is 11.9 Å². The second kappa shape index (κ2) is 8.28. The molecular weight excluding hydrogens is 405 g/mol. The lowest BCUT2D eigenvalue weighted by molar-refractivity contribution is -0.384. The molecule has 2 amide bonds. The third-order valence-corrected chi connectivity index (χ3v) is 5.08. The molecule has 1 aliphatic heterocycles. The Morgan fingerprint density at radius 2 is 1.86 bits per heavy atom. The van der Waals surface area contributed by atoms with Crippen molar-refractivity contribution < 1.29 is 18.9 Å². The first-order valence-electron chi connectivity index (χ1n) is 7.89. The second-order valence-electron chi connectivity index (χ2n) is 5.67. The summed E-state index contributed by atoms with van der Waals surface area (Å²) in [5.74, 6) is -1.29. The number of non-ortho nitro benzene ring substituents is 1. The largest absolute Gasteiger partial charge is 0.325 e. The van der Waals surface area contributed by atoms with E-state index in [-0.39, 0.29) is 22.4 Å². The van der Waals surface area contributed by atoms with Gasteiger partial charge in [0.2, 0.25) is 5.91 Å². The minimum atomic E-state index is -0.543. The molecule has 28 heavy (non-hydrogen) atoms. The molecule has 0 atom stereocenters. The van der Waals surface area contributed by atoms with Gasteiger partial charge < -0.3 is 5.32 Å². The minimum Gasteiger partial charge on any atom is -0.325 e. The van der Waals surface area contributed by atoms with Crippen molar-refractivity contribution in [3.63, 3.8) is 0 Å². The molecule has 1 heterocycles. The van der Waals surface area contributed by atoms with E-state index in [0.29, 0.717) is 16.2 Å². The zero-order chi connectivity index (χ0) is 20.3. The van der Waals surface area contributed by atoms with Crippen molar-refractivity contribution in [3.8, 4) is 0 Å². The van der Waals surface area contributed by atoms with Crippen LogP contribution in [0.3, 0.4) is 0 Å². The number of thiocarbonyl (C=S) groups is 1. The molecule has 1 saturated heterocycles. The number of nitro groups is 1. The van der Waals surface area contributed by atoms with E-state index in [4.69, 9.17) is 12.2 Å². The number of hydrogen-bond donors (Lipinski definition) is 1. The Morgan fingerprint density at radius 3 is 2.46 bits per heavy atom. The first-order chi connectivity index (χ1) is 13.3. The van der Waals surface area contributed by atoms with E-state index in [1.165, 1.54) is 48.5 Å². The van der Waals surface area contributed by atoms with Crippen LogP contribution in [0.2, 0.25) is 0 Å². The molecule has 10 heteroatoms. The molecule has 0 unspecified atom stereocenters. The summed E-state index contributed by atoms with van der Waals surface area (Å²) in [6.45, 7) is -0.289. The van der Waals surface area contributed by atoms with E-state index in [1.54, 1.807) is 6.08 Å². The molecule has 1 fully saturated rings. The maximum Gasteiger partial charge on any atom is 0.269 e. The Balaban J connectivity index is 1.65. The van der Waals surface area contributed by atoms with Crippen LogP contribution in [0.4, 0.5) is 15.8 Å². The fourth-order valence-corrected chi connectivity index (χ4v) is 3.61.